The van der Waals surface area contributed by atoms with Gasteiger partial charge in [-0.25, -0.2) is 4.39 Å². The van der Waals surface area contributed by atoms with E-state index in [4.69, 9.17) is 11.6 Å². The van der Waals surface area contributed by atoms with E-state index in [1.807, 2.05) is 0 Å². The lowest BCUT2D eigenvalue weighted by atomic mass is 10.0. The van der Waals surface area contributed by atoms with Gasteiger partial charge in [-0.3, -0.25) is 0 Å². The van der Waals surface area contributed by atoms with Gasteiger partial charge in [-0.2, -0.15) is 0 Å². The number of halogens is 2. The van der Waals surface area contributed by atoms with Crippen molar-refractivity contribution in [3.05, 3.63) is 53.3 Å². The third-order valence-corrected chi connectivity index (χ3v) is 2.45. The van der Waals surface area contributed by atoms with Crippen LogP contribution in [0.4, 0.5) is 4.39 Å². The quantitative estimate of drug-likeness (QED) is 0.777. The number of rotatable bonds is 1. The highest BCUT2D eigenvalue weighted by molar-refractivity contribution is 6.33. The lowest BCUT2D eigenvalue weighted by molar-refractivity contribution is 0.475. The average Bonchev–Trinajstić information content (AvgIpc) is 2.23. The van der Waals surface area contributed by atoms with Crippen LogP contribution in [-0.2, 0) is 0 Å². The maximum atomic E-state index is 13.0. The van der Waals surface area contributed by atoms with Crippen LogP contribution in [0.2, 0.25) is 5.02 Å². The van der Waals surface area contributed by atoms with Gasteiger partial charge in [0, 0.05) is 16.1 Å². The predicted octanol–water partition coefficient (Wildman–Crippen LogP) is 3.85. The molecule has 0 aliphatic carbocycles. The van der Waals surface area contributed by atoms with E-state index in [0.717, 1.165) is 0 Å². The Balaban J connectivity index is 2.64. The average molecular weight is 223 g/mol. The van der Waals surface area contributed by atoms with E-state index in [2.05, 4.69) is 0 Å². The summed E-state index contributed by atoms with van der Waals surface area (Å²) in [5, 5.41) is 10.1. The molecule has 2 rings (SSSR count). The Hall–Kier alpha value is -1.54. The molecule has 2 aromatic carbocycles. The van der Waals surface area contributed by atoms with Crippen molar-refractivity contribution >= 4 is 11.6 Å². The number of phenolic OH excluding ortho intramolecular Hbond substituents is 1. The van der Waals surface area contributed by atoms with E-state index in [9.17, 15) is 9.50 Å². The fraction of sp³-hybridized carbons (Fsp3) is 0. The molecule has 0 heterocycles. The fourth-order valence-electron chi connectivity index (χ4n) is 1.40. The van der Waals surface area contributed by atoms with Crippen molar-refractivity contribution in [3.63, 3.8) is 0 Å². The summed E-state index contributed by atoms with van der Waals surface area (Å²) in [6, 6.07) is 10.8. The van der Waals surface area contributed by atoms with Crippen LogP contribution < -0.4 is 0 Å². The molecule has 0 fully saturated rings. The van der Waals surface area contributed by atoms with Crippen LogP contribution in [0.15, 0.2) is 42.5 Å². The molecule has 0 atom stereocenters. The summed E-state index contributed by atoms with van der Waals surface area (Å²) in [4.78, 5) is 0. The zero-order valence-electron chi connectivity index (χ0n) is 7.74. The van der Waals surface area contributed by atoms with Crippen LogP contribution in [0.5, 0.6) is 5.75 Å². The van der Waals surface area contributed by atoms with Gasteiger partial charge in [0.25, 0.3) is 0 Å². The molecule has 0 aromatic heterocycles. The third kappa shape index (κ3) is 1.95. The van der Waals surface area contributed by atoms with Crippen LogP contribution >= 0.6 is 11.6 Å². The van der Waals surface area contributed by atoms with Crippen molar-refractivity contribution < 1.29 is 9.50 Å². The molecule has 0 spiro atoms. The molecular weight excluding hydrogens is 215 g/mol. The highest BCUT2D eigenvalue weighted by Crippen LogP contribution is 2.34. The first kappa shape index (κ1) is 9.99. The SMILES string of the molecule is Oc1ccc(F)cc1-c1ccccc1Cl. The predicted molar refractivity (Wildman–Crippen MR) is 58.5 cm³/mol. The van der Waals surface area contributed by atoms with Crippen molar-refractivity contribution in [2.45, 2.75) is 0 Å². The van der Waals surface area contributed by atoms with E-state index in [1.54, 1.807) is 24.3 Å². The maximum absolute atomic E-state index is 13.0. The summed E-state index contributed by atoms with van der Waals surface area (Å²) in [6.07, 6.45) is 0. The van der Waals surface area contributed by atoms with E-state index in [-0.39, 0.29) is 5.75 Å². The van der Waals surface area contributed by atoms with Gasteiger partial charge >= 0.3 is 0 Å². The second kappa shape index (κ2) is 3.91. The number of hydrogen-bond donors (Lipinski definition) is 1. The van der Waals surface area contributed by atoms with Crippen LogP contribution in [0.1, 0.15) is 0 Å². The lowest BCUT2D eigenvalue weighted by Gasteiger charge is -2.06. The van der Waals surface area contributed by atoms with Gasteiger partial charge in [0.15, 0.2) is 0 Å². The largest absolute Gasteiger partial charge is 0.507 e. The Kier molecular flexibility index (Phi) is 2.60. The van der Waals surface area contributed by atoms with Gasteiger partial charge < -0.3 is 5.11 Å². The molecular formula is C12H8ClFO. The number of aromatic hydroxyl groups is 1. The molecule has 0 bridgehead atoms. The molecule has 1 N–H and O–H groups in total. The van der Waals surface area contributed by atoms with E-state index in [1.165, 1.54) is 18.2 Å². The van der Waals surface area contributed by atoms with Crippen molar-refractivity contribution in [1.82, 2.24) is 0 Å². The van der Waals surface area contributed by atoms with Gasteiger partial charge in [0.1, 0.15) is 11.6 Å². The molecule has 15 heavy (non-hydrogen) atoms. The van der Waals surface area contributed by atoms with Crippen molar-refractivity contribution in [1.29, 1.82) is 0 Å². The van der Waals surface area contributed by atoms with E-state index in [0.29, 0.717) is 16.1 Å². The van der Waals surface area contributed by atoms with Gasteiger partial charge in [-0.15, -0.1) is 0 Å². The molecule has 0 saturated carbocycles. The Morgan fingerprint density at radius 2 is 1.73 bits per heavy atom. The van der Waals surface area contributed by atoms with Crippen molar-refractivity contribution in [2.75, 3.05) is 0 Å². The standard InChI is InChI=1S/C12H8ClFO/c13-11-4-2-1-3-9(11)10-7-8(14)5-6-12(10)15/h1-7,15H. The molecule has 0 aliphatic rings. The van der Waals surface area contributed by atoms with Gasteiger partial charge in [-0.1, -0.05) is 29.8 Å². The van der Waals surface area contributed by atoms with Crippen molar-refractivity contribution in [2.24, 2.45) is 0 Å². The maximum Gasteiger partial charge on any atom is 0.124 e. The molecule has 2 aromatic rings. The number of benzene rings is 2. The van der Waals surface area contributed by atoms with Crippen LogP contribution in [-0.4, -0.2) is 5.11 Å². The molecule has 3 heteroatoms. The van der Waals surface area contributed by atoms with Gasteiger partial charge in [0.05, 0.1) is 0 Å². The second-order valence-corrected chi connectivity index (χ2v) is 3.55. The summed E-state index contributed by atoms with van der Waals surface area (Å²) in [7, 11) is 0. The smallest absolute Gasteiger partial charge is 0.124 e. The molecule has 1 nitrogen and oxygen atoms in total. The molecule has 0 unspecified atom stereocenters. The number of hydrogen-bond acceptors (Lipinski definition) is 1. The third-order valence-electron chi connectivity index (χ3n) is 2.12. The Morgan fingerprint density at radius 1 is 1.00 bits per heavy atom. The molecule has 0 saturated heterocycles. The normalized spacial score (nSPS) is 10.3. The number of phenols is 1. The topological polar surface area (TPSA) is 20.2 Å². The van der Waals surface area contributed by atoms with Gasteiger partial charge in [0.2, 0.25) is 0 Å². The summed E-state index contributed by atoms with van der Waals surface area (Å²) in [6.45, 7) is 0. The van der Waals surface area contributed by atoms with Crippen LogP contribution in [0, 0.1) is 5.82 Å². The zero-order valence-corrected chi connectivity index (χ0v) is 8.50. The molecule has 0 radical (unpaired) electrons. The monoisotopic (exact) mass is 222 g/mol. The highest BCUT2D eigenvalue weighted by Gasteiger charge is 2.08. The van der Waals surface area contributed by atoms with Crippen molar-refractivity contribution in [3.8, 4) is 16.9 Å². The Morgan fingerprint density at radius 3 is 2.47 bits per heavy atom. The fourth-order valence-corrected chi connectivity index (χ4v) is 1.64. The van der Waals surface area contributed by atoms with Crippen LogP contribution in [0.3, 0.4) is 0 Å². The first-order valence-corrected chi connectivity index (χ1v) is 4.79. The first-order chi connectivity index (χ1) is 7.18. The summed E-state index contributed by atoms with van der Waals surface area (Å²) in [5.41, 5.74) is 1.02. The summed E-state index contributed by atoms with van der Waals surface area (Å²) in [5.74, 6) is -0.382. The first-order valence-electron chi connectivity index (χ1n) is 4.42. The molecule has 76 valence electrons. The lowest BCUT2D eigenvalue weighted by Crippen LogP contribution is -1.82. The van der Waals surface area contributed by atoms with Gasteiger partial charge in [-0.05, 0) is 24.3 Å². The van der Waals surface area contributed by atoms with E-state index >= 15 is 0 Å². The second-order valence-electron chi connectivity index (χ2n) is 3.14. The zero-order chi connectivity index (χ0) is 10.8. The minimum Gasteiger partial charge on any atom is -0.507 e. The summed E-state index contributed by atoms with van der Waals surface area (Å²) < 4.78 is 13.0. The van der Waals surface area contributed by atoms with E-state index < -0.39 is 5.82 Å². The molecule has 0 amide bonds. The highest BCUT2D eigenvalue weighted by atomic mass is 35.5. The Labute approximate surface area is 91.8 Å². The summed E-state index contributed by atoms with van der Waals surface area (Å²) >= 11 is 5.95. The van der Waals surface area contributed by atoms with Crippen LogP contribution in [0.25, 0.3) is 11.1 Å². The molecule has 0 aliphatic heterocycles. The minimum absolute atomic E-state index is 0.0181. The minimum atomic E-state index is -0.400. The Bertz CT molecular complexity index is 497.